The summed E-state index contributed by atoms with van der Waals surface area (Å²) in [5.41, 5.74) is 3.16. The van der Waals surface area contributed by atoms with Crippen molar-refractivity contribution in [2.24, 2.45) is 5.41 Å². The number of hydrogen-bond acceptors (Lipinski definition) is 2. The van der Waals surface area contributed by atoms with Gasteiger partial charge in [-0.25, -0.2) is 0 Å². The number of amides is 1. The molecule has 1 N–H and O–H groups in total. The molecule has 27 heavy (non-hydrogen) atoms. The van der Waals surface area contributed by atoms with Gasteiger partial charge in [-0.3, -0.25) is 9.69 Å². The Bertz CT molecular complexity index is 1030. The Morgan fingerprint density at radius 2 is 1.81 bits per heavy atom. The molecule has 0 saturated carbocycles. The van der Waals surface area contributed by atoms with Gasteiger partial charge in [0.25, 0.3) is 5.91 Å². The van der Waals surface area contributed by atoms with E-state index < -0.39 is 0 Å². The van der Waals surface area contributed by atoms with Crippen molar-refractivity contribution in [1.29, 1.82) is 0 Å². The van der Waals surface area contributed by atoms with Gasteiger partial charge in [0.2, 0.25) is 0 Å². The maximum Gasteiger partial charge on any atom is 0.259 e. The van der Waals surface area contributed by atoms with Crippen molar-refractivity contribution in [2.45, 2.75) is 26.8 Å². The van der Waals surface area contributed by atoms with Crippen molar-refractivity contribution in [3.8, 4) is 11.4 Å². The topological polar surface area (TPSA) is 45.5 Å². The largest absolute Gasteiger partial charge is 0.508 e. The molecule has 5 heteroatoms. The first-order chi connectivity index (χ1) is 12.8. The highest BCUT2D eigenvalue weighted by Crippen LogP contribution is 2.48. The number of aromatic hydroxyl groups is 1. The first kappa shape index (κ1) is 17.9. The molecule has 0 fully saturated rings. The summed E-state index contributed by atoms with van der Waals surface area (Å²) in [6.45, 7) is 6.42. The van der Waals surface area contributed by atoms with Gasteiger partial charge >= 0.3 is 0 Å². The van der Waals surface area contributed by atoms with Gasteiger partial charge in [-0.05, 0) is 53.9 Å². The summed E-state index contributed by atoms with van der Waals surface area (Å²) in [5, 5.41) is 9.87. The van der Waals surface area contributed by atoms with E-state index in [0.717, 1.165) is 21.5 Å². The predicted molar refractivity (Wildman–Crippen MR) is 111 cm³/mol. The molecule has 0 aliphatic carbocycles. The Morgan fingerprint density at radius 3 is 2.52 bits per heavy atom. The van der Waals surface area contributed by atoms with Gasteiger partial charge in [-0.1, -0.05) is 42.8 Å². The number of halogens is 1. The Labute approximate surface area is 167 Å². The summed E-state index contributed by atoms with van der Waals surface area (Å²) in [6, 6.07) is 16.5. The fourth-order valence-corrected chi connectivity index (χ4v) is 4.19. The van der Waals surface area contributed by atoms with Crippen molar-refractivity contribution in [1.82, 2.24) is 4.57 Å². The second kappa shape index (κ2) is 6.27. The number of nitrogens with zero attached hydrogens (tertiary/aromatic N) is 2. The standard InChI is InChI=1S/C22H21BrN2O2/c1-22(2,3)20-18-8-5-11-24(18)17-10-9-15(23)13-19(17)25(20)21(27)14-6-4-7-16(26)12-14/h4-13,20,26H,1-3H3/t20-/m0/s1. The first-order valence-electron chi connectivity index (χ1n) is 8.87. The molecular formula is C22H21BrN2O2. The van der Waals surface area contributed by atoms with Crippen molar-refractivity contribution >= 4 is 27.5 Å². The molecule has 0 radical (unpaired) electrons. The van der Waals surface area contributed by atoms with Crippen LogP contribution in [-0.2, 0) is 0 Å². The SMILES string of the molecule is CC(C)(C)[C@@H]1c2cccn2-c2ccc(Br)cc2N1C(=O)c1cccc(O)c1. The van der Waals surface area contributed by atoms with Crippen molar-refractivity contribution in [3.05, 3.63) is 76.5 Å². The zero-order chi connectivity index (χ0) is 19.3. The smallest absolute Gasteiger partial charge is 0.259 e. The van der Waals surface area contributed by atoms with E-state index in [1.54, 1.807) is 18.2 Å². The van der Waals surface area contributed by atoms with E-state index in [9.17, 15) is 9.90 Å². The molecule has 1 aliphatic rings. The second-order valence-electron chi connectivity index (χ2n) is 7.93. The number of hydrogen-bond donors (Lipinski definition) is 1. The molecule has 1 aliphatic heterocycles. The number of carbonyl (C=O) groups excluding carboxylic acids is 1. The summed E-state index contributed by atoms with van der Waals surface area (Å²) in [7, 11) is 0. The molecule has 0 saturated heterocycles. The summed E-state index contributed by atoms with van der Waals surface area (Å²) in [6.07, 6.45) is 2.04. The van der Waals surface area contributed by atoms with E-state index >= 15 is 0 Å². The van der Waals surface area contributed by atoms with E-state index in [2.05, 4.69) is 47.3 Å². The molecule has 2 heterocycles. The third-order valence-corrected chi connectivity index (χ3v) is 5.40. The second-order valence-corrected chi connectivity index (χ2v) is 8.85. The quantitative estimate of drug-likeness (QED) is 0.544. The molecule has 4 rings (SSSR count). The lowest BCUT2D eigenvalue weighted by Crippen LogP contribution is -2.45. The fraction of sp³-hybridized carbons (Fsp3) is 0.227. The average molecular weight is 425 g/mol. The maximum atomic E-state index is 13.6. The van der Waals surface area contributed by atoms with Crippen LogP contribution in [0.2, 0.25) is 0 Å². The number of anilines is 1. The van der Waals surface area contributed by atoms with Crippen LogP contribution in [0.25, 0.3) is 5.69 Å². The number of phenolic OH excluding ortho intramolecular Hbond substituents is 1. The molecule has 2 aromatic carbocycles. The number of aromatic nitrogens is 1. The summed E-state index contributed by atoms with van der Waals surface area (Å²) < 4.78 is 3.07. The van der Waals surface area contributed by atoms with E-state index in [4.69, 9.17) is 0 Å². The van der Waals surface area contributed by atoms with E-state index in [0.29, 0.717) is 5.56 Å². The Morgan fingerprint density at radius 1 is 1.04 bits per heavy atom. The normalized spacial score (nSPS) is 16.0. The van der Waals surface area contributed by atoms with Crippen LogP contribution < -0.4 is 4.90 Å². The zero-order valence-corrected chi connectivity index (χ0v) is 17.1. The van der Waals surface area contributed by atoms with E-state index in [1.165, 1.54) is 6.07 Å². The van der Waals surface area contributed by atoms with Crippen molar-refractivity contribution in [2.75, 3.05) is 4.90 Å². The van der Waals surface area contributed by atoms with Crippen molar-refractivity contribution in [3.63, 3.8) is 0 Å². The van der Waals surface area contributed by atoms with Crippen LogP contribution in [0.5, 0.6) is 5.75 Å². The predicted octanol–water partition coefficient (Wildman–Crippen LogP) is 5.69. The third kappa shape index (κ3) is 2.96. The van der Waals surface area contributed by atoms with Gasteiger partial charge < -0.3 is 9.67 Å². The van der Waals surface area contributed by atoms with Gasteiger partial charge in [0.1, 0.15) is 5.75 Å². The van der Waals surface area contributed by atoms with E-state index in [-0.39, 0.29) is 23.1 Å². The van der Waals surface area contributed by atoms with Crippen LogP contribution in [0, 0.1) is 5.41 Å². The van der Waals surface area contributed by atoms with Crippen LogP contribution in [0.1, 0.15) is 42.9 Å². The van der Waals surface area contributed by atoms with Crippen LogP contribution in [0.3, 0.4) is 0 Å². The molecule has 0 spiro atoms. The molecule has 1 amide bonds. The highest BCUT2D eigenvalue weighted by molar-refractivity contribution is 9.10. The Hall–Kier alpha value is -2.53. The maximum absolute atomic E-state index is 13.6. The lowest BCUT2D eigenvalue weighted by atomic mass is 9.81. The van der Waals surface area contributed by atoms with E-state index in [1.807, 2.05) is 35.4 Å². The van der Waals surface area contributed by atoms with Crippen LogP contribution in [-0.4, -0.2) is 15.6 Å². The molecule has 138 valence electrons. The number of benzene rings is 2. The highest BCUT2D eigenvalue weighted by Gasteiger charge is 2.42. The molecule has 3 aromatic rings. The summed E-state index contributed by atoms with van der Waals surface area (Å²) >= 11 is 3.55. The van der Waals surface area contributed by atoms with Crippen LogP contribution in [0.15, 0.2) is 65.3 Å². The molecule has 1 atom stereocenters. The Kier molecular flexibility index (Phi) is 4.15. The number of fused-ring (bicyclic) bond motifs is 3. The molecular weight excluding hydrogens is 404 g/mol. The molecule has 4 nitrogen and oxygen atoms in total. The monoisotopic (exact) mass is 424 g/mol. The minimum atomic E-state index is -0.192. The number of phenols is 1. The van der Waals surface area contributed by atoms with Crippen LogP contribution >= 0.6 is 15.9 Å². The third-order valence-electron chi connectivity index (χ3n) is 4.91. The van der Waals surface area contributed by atoms with Gasteiger partial charge in [0, 0.05) is 21.9 Å². The van der Waals surface area contributed by atoms with Gasteiger partial charge in [0.15, 0.2) is 0 Å². The summed E-state index contributed by atoms with van der Waals surface area (Å²) in [4.78, 5) is 15.5. The molecule has 0 bridgehead atoms. The lowest BCUT2D eigenvalue weighted by Gasteiger charge is -2.44. The first-order valence-corrected chi connectivity index (χ1v) is 9.66. The zero-order valence-electron chi connectivity index (χ0n) is 15.5. The van der Waals surface area contributed by atoms with Gasteiger partial charge in [-0.15, -0.1) is 0 Å². The fourth-order valence-electron chi connectivity index (χ4n) is 3.84. The number of rotatable bonds is 1. The average Bonchev–Trinajstić information content (AvgIpc) is 3.08. The summed E-state index contributed by atoms with van der Waals surface area (Å²) in [5.74, 6) is -0.0411. The molecule has 1 aromatic heterocycles. The van der Waals surface area contributed by atoms with Gasteiger partial charge in [-0.2, -0.15) is 0 Å². The minimum Gasteiger partial charge on any atom is -0.508 e. The van der Waals surface area contributed by atoms with Crippen molar-refractivity contribution < 1.29 is 9.90 Å². The Balaban J connectivity index is 1.97. The van der Waals surface area contributed by atoms with Gasteiger partial charge in [0.05, 0.1) is 17.4 Å². The lowest BCUT2D eigenvalue weighted by molar-refractivity contribution is 0.0950. The van der Waals surface area contributed by atoms with Crippen LogP contribution in [0.4, 0.5) is 5.69 Å². The minimum absolute atomic E-state index is 0.0861. The molecule has 0 unspecified atom stereocenters. The highest BCUT2D eigenvalue weighted by atomic mass is 79.9. The number of carbonyl (C=O) groups is 1.